The first kappa shape index (κ1) is 17.2. The summed E-state index contributed by atoms with van der Waals surface area (Å²) < 4.78 is 10.1. The lowest BCUT2D eigenvalue weighted by Gasteiger charge is -2.24. The van der Waals surface area contributed by atoms with Gasteiger partial charge in [0.05, 0.1) is 18.5 Å². The van der Waals surface area contributed by atoms with Gasteiger partial charge in [-0.15, -0.1) is 0 Å². The van der Waals surface area contributed by atoms with Crippen LogP contribution in [0.5, 0.6) is 0 Å². The van der Waals surface area contributed by atoms with Crippen LogP contribution in [0.25, 0.3) is 6.08 Å². The minimum absolute atomic E-state index is 0.0888. The van der Waals surface area contributed by atoms with Gasteiger partial charge in [0, 0.05) is 30.0 Å². The Morgan fingerprint density at radius 3 is 3.04 bits per heavy atom. The number of nitrogens with zero attached hydrogens (tertiary/aromatic N) is 3. The number of hydrogen-bond acceptors (Lipinski definition) is 7. The van der Waals surface area contributed by atoms with Crippen LogP contribution in [0.1, 0.15) is 32.6 Å². The Bertz CT molecular complexity index is 1000. The minimum Gasteiger partial charge on any atom is -0.465 e. The molecule has 1 aliphatic heterocycles. The van der Waals surface area contributed by atoms with Crippen LogP contribution in [0, 0.1) is 6.92 Å². The molecule has 0 saturated carbocycles. The molecule has 3 aromatic heterocycles. The second-order valence-corrected chi connectivity index (χ2v) is 7.11. The maximum absolute atomic E-state index is 12.4. The van der Waals surface area contributed by atoms with E-state index in [0.717, 1.165) is 10.6 Å². The molecule has 0 aliphatic carbocycles. The monoisotopic (exact) mass is 384 g/mol. The summed E-state index contributed by atoms with van der Waals surface area (Å²) in [5.74, 6) is 0.739. The number of fused-ring (bicyclic) bond motifs is 1. The highest BCUT2D eigenvalue weighted by Crippen LogP contribution is 2.28. The molecule has 8 nitrogen and oxygen atoms in total. The SMILES string of the molecule is Cc1cc(C(=O)Nc2nc3c(s2)CN(C(=O)/C=C/c2ccco2)CC3)no1. The number of carbonyl (C=O) groups is 2. The molecule has 4 heterocycles. The maximum atomic E-state index is 12.4. The number of nitrogens with one attached hydrogen (secondary N) is 1. The van der Waals surface area contributed by atoms with Crippen molar-refractivity contribution in [2.75, 3.05) is 11.9 Å². The summed E-state index contributed by atoms with van der Waals surface area (Å²) in [5, 5.41) is 6.92. The number of furan rings is 1. The summed E-state index contributed by atoms with van der Waals surface area (Å²) in [6.45, 7) is 2.76. The predicted molar refractivity (Wildman–Crippen MR) is 98.2 cm³/mol. The molecule has 4 rings (SSSR count). The number of hydrogen-bond donors (Lipinski definition) is 1. The minimum atomic E-state index is -0.368. The zero-order valence-corrected chi connectivity index (χ0v) is 15.3. The van der Waals surface area contributed by atoms with Crippen LogP contribution in [-0.2, 0) is 17.8 Å². The molecule has 0 fully saturated rings. The Morgan fingerprint density at radius 1 is 1.41 bits per heavy atom. The molecule has 0 spiro atoms. The Kier molecular flexibility index (Phi) is 4.59. The van der Waals surface area contributed by atoms with E-state index in [1.54, 1.807) is 42.4 Å². The summed E-state index contributed by atoms with van der Waals surface area (Å²) in [6, 6.07) is 5.12. The molecule has 0 bridgehead atoms. The highest BCUT2D eigenvalue weighted by atomic mass is 32.1. The van der Waals surface area contributed by atoms with Gasteiger partial charge in [-0.25, -0.2) is 4.98 Å². The largest absolute Gasteiger partial charge is 0.465 e. The molecule has 0 saturated heterocycles. The van der Waals surface area contributed by atoms with Crippen LogP contribution in [0.3, 0.4) is 0 Å². The van der Waals surface area contributed by atoms with Crippen LogP contribution in [-0.4, -0.2) is 33.4 Å². The maximum Gasteiger partial charge on any atom is 0.279 e. The van der Waals surface area contributed by atoms with Crippen LogP contribution in [0.15, 0.2) is 39.5 Å². The Balaban J connectivity index is 1.41. The summed E-state index contributed by atoms with van der Waals surface area (Å²) in [4.78, 5) is 31.7. The van der Waals surface area contributed by atoms with Gasteiger partial charge >= 0.3 is 0 Å². The molecule has 1 aliphatic rings. The molecular weight excluding hydrogens is 368 g/mol. The second-order valence-electron chi connectivity index (χ2n) is 6.02. The van der Waals surface area contributed by atoms with Gasteiger partial charge in [0.15, 0.2) is 10.8 Å². The number of rotatable bonds is 4. The molecule has 27 heavy (non-hydrogen) atoms. The van der Waals surface area contributed by atoms with Gasteiger partial charge in [-0.2, -0.15) is 0 Å². The fourth-order valence-corrected chi connectivity index (χ4v) is 3.74. The molecule has 0 unspecified atom stereocenters. The smallest absolute Gasteiger partial charge is 0.279 e. The van der Waals surface area contributed by atoms with Crippen molar-refractivity contribution in [1.29, 1.82) is 0 Å². The van der Waals surface area contributed by atoms with Crippen molar-refractivity contribution in [3.05, 3.63) is 58.3 Å². The van der Waals surface area contributed by atoms with Crippen molar-refractivity contribution >= 4 is 34.4 Å². The molecule has 3 aromatic rings. The third-order valence-corrected chi connectivity index (χ3v) is 5.06. The van der Waals surface area contributed by atoms with E-state index in [4.69, 9.17) is 8.94 Å². The standard InChI is InChI=1S/C18H16N4O4S/c1-11-9-14(21-26-11)17(24)20-18-19-13-6-7-22(10-15(13)27-18)16(23)5-4-12-3-2-8-25-12/h2-5,8-9H,6-7,10H2,1H3,(H,19,20,24)/b5-4+. The van der Waals surface area contributed by atoms with Gasteiger partial charge < -0.3 is 13.8 Å². The number of amides is 2. The normalized spacial score (nSPS) is 13.7. The van der Waals surface area contributed by atoms with E-state index in [1.165, 1.54) is 17.4 Å². The zero-order chi connectivity index (χ0) is 18.8. The third kappa shape index (κ3) is 3.82. The molecule has 0 radical (unpaired) electrons. The topological polar surface area (TPSA) is 101 Å². The van der Waals surface area contributed by atoms with Crippen LogP contribution in [0.2, 0.25) is 0 Å². The summed E-state index contributed by atoms with van der Waals surface area (Å²) in [5.41, 5.74) is 1.12. The molecular formula is C18H16N4O4S. The Labute approximate surface area is 158 Å². The molecule has 9 heteroatoms. The molecule has 2 amide bonds. The van der Waals surface area contributed by atoms with Crippen molar-refractivity contribution in [3.63, 3.8) is 0 Å². The van der Waals surface area contributed by atoms with E-state index < -0.39 is 0 Å². The first-order valence-corrected chi connectivity index (χ1v) is 9.14. The number of carbonyl (C=O) groups excluding carboxylic acids is 2. The fourth-order valence-electron chi connectivity index (χ4n) is 2.72. The number of anilines is 1. The van der Waals surface area contributed by atoms with E-state index in [0.29, 0.717) is 36.2 Å². The third-order valence-electron chi connectivity index (χ3n) is 4.06. The fraction of sp³-hybridized carbons (Fsp3) is 0.222. The van der Waals surface area contributed by atoms with Crippen LogP contribution in [0.4, 0.5) is 5.13 Å². The van der Waals surface area contributed by atoms with Crippen LogP contribution >= 0.6 is 11.3 Å². The average Bonchev–Trinajstić information content (AvgIpc) is 3.39. The summed E-state index contributed by atoms with van der Waals surface area (Å²) in [7, 11) is 0. The molecule has 0 atom stereocenters. The van der Waals surface area contributed by atoms with E-state index in [2.05, 4.69) is 15.5 Å². The van der Waals surface area contributed by atoms with E-state index in [9.17, 15) is 9.59 Å². The van der Waals surface area contributed by atoms with Gasteiger partial charge in [0.1, 0.15) is 11.5 Å². The summed E-state index contributed by atoms with van der Waals surface area (Å²) in [6.07, 6.45) is 5.35. The number of aryl methyl sites for hydroxylation is 1. The quantitative estimate of drug-likeness (QED) is 0.694. The average molecular weight is 384 g/mol. The van der Waals surface area contributed by atoms with Crippen molar-refractivity contribution in [1.82, 2.24) is 15.0 Å². The first-order valence-electron chi connectivity index (χ1n) is 8.32. The molecule has 1 N–H and O–H groups in total. The number of thiazole rings is 1. The number of aromatic nitrogens is 2. The molecule has 0 aromatic carbocycles. The van der Waals surface area contributed by atoms with E-state index in [-0.39, 0.29) is 17.5 Å². The molecule has 138 valence electrons. The van der Waals surface area contributed by atoms with Gasteiger partial charge in [0.2, 0.25) is 5.91 Å². The lowest BCUT2D eigenvalue weighted by molar-refractivity contribution is -0.126. The Hall–Kier alpha value is -3.20. The second kappa shape index (κ2) is 7.20. The van der Waals surface area contributed by atoms with E-state index in [1.807, 2.05) is 0 Å². The summed E-state index contributed by atoms with van der Waals surface area (Å²) >= 11 is 1.36. The van der Waals surface area contributed by atoms with E-state index >= 15 is 0 Å². The highest BCUT2D eigenvalue weighted by molar-refractivity contribution is 7.15. The predicted octanol–water partition coefficient (Wildman–Crippen LogP) is 2.88. The van der Waals surface area contributed by atoms with Gasteiger partial charge in [-0.1, -0.05) is 16.5 Å². The van der Waals surface area contributed by atoms with Crippen LogP contribution < -0.4 is 5.32 Å². The van der Waals surface area contributed by atoms with Crippen molar-refractivity contribution in [3.8, 4) is 0 Å². The lowest BCUT2D eigenvalue weighted by Crippen LogP contribution is -2.34. The van der Waals surface area contributed by atoms with Gasteiger partial charge in [-0.05, 0) is 25.1 Å². The van der Waals surface area contributed by atoms with Crippen molar-refractivity contribution < 1.29 is 18.5 Å². The van der Waals surface area contributed by atoms with Crippen molar-refractivity contribution in [2.45, 2.75) is 19.9 Å². The van der Waals surface area contributed by atoms with Gasteiger partial charge in [-0.3, -0.25) is 14.9 Å². The first-order chi connectivity index (χ1) is 13.1. The van der Waals surface area contributed by atoms with Crippen molar-refractivity contribution in [2.24, 2.45) is 0 Å². The highest BCUT2D eigenvalue weighted by Gasteiger charge is 2.24. The van der Waals surface area contributed by atoms with Gasteiger partial charge in [0.25, 0.3) is 5.91 Å². The zero-order valence-electron chi connectivity index (χ0n) is 14.5. The Morgan fingerprint density at radius 2 is 2.30 bits per heavy atom. The lowest BCUT2D eigenvalue weighted by atomic mass is 10.2.